The van der Waals surface area contributed by atoms with Gasteiger partial charge in [0.25, 0.3) is 0 Å². The highest BCUT2D eigenvalue weighted by atomic mass is 14.5. The van der Waals surface area contributed by atoms with Crippen molar-refractivity contribution in [2.75, 3.05) is 0 Å². The third-order valence-electron chi connectivity index (χ3n) is 16.3. The number of rotatable bonds is 0. The van der Waals surface area contributed by atoms with Gasteiger partial charge in [0.2, 0.25) is 0 Å². The van der Waals surface area contributed by atoms with Gasteiger partial charge in [-0.25, -0.2) is 0 Å². The Hall–Kier alpha value is -0.260. The summed E-state index contributed by atoms with van der Waals surface area (Å²) in [4.78, 5) is 0. The van der Waals surface area contributed by atoms with Gasteiger partial charge in [-0.05, 0) is 116 Å². The SMILES string of the molecule is C1=CC2CCCC(C1)CCC2.C1CC2CCC1C2.C1CC2CCC1CC2.C1CC2CCCC(C1)CCC2.CC1(C)C2CCC1CC2. The number of hydrogen-bond acceptors (Lipinski definition) is 0. The zero-order valence-corrected chi connectivity index (χ0v) is 31.3. The van der Waals surface area contributed by atoms with E-state index in [1.54, 1.807) is 109 Å². The Labute approximate surface area is 288 Å². The van der Waals surface area contributed by atoms with Crippen LogP contribution in [-0.2, 0) is 0 Å². The maximum absolute atomic E-state index is 2.48. The first-order chi connectivity index (χ1) is 22.5. The van der Waals surface area contributed by atoms with E-state index in [0.29, 0.717) is 0 Å². The third kappa shape index (κ3) is 10.6. The van der Waals surface area contributed by atoms with E-state index in [2.05, 4.69) is 26.0 Å². The molecule has 0 amide bonds. The van der Waals surface area contributed by atoms with Crippen molar-refractivity contribution in [3.8, 4) is 0 Å². The lowest BCUT2D eigenvalue weighted by molar-refractivity contribution is 0.176. The Morgan fingerprint density at radius 1 is 0.348 bits per heavy atom. The van der Waals surface area contributed by atoms with Gasteiger partial charge in [0.05, 0.1) is 0 Å². The van der Waals surface area contributed by atoms with Crippen molar-refractivity contribution < 1.29 is 0 Å². The number of allylic oxidation sites excluding steroid dienone is 2. The van der Waals surface area contributed by atoms with Crippen LogP contribution in [0.3, 0.4) is 0 Å². The molecule has 13 rings (SSSR count). The van der Waals surface area contributed by atoms with Crippen LogP contribution in [0.1, 0.15) is 213 Å². The van der Waals surface area contributed by atoms with E-state index >= 15 is 0 Å². The molecule has 10 bridgehead atoms. The van der Waals surface area contributed by atoms with Gasteiger partial charge in [-0.15, -0.1) is 0 Å². The highest BCUT2D eigenvalue weighted by Gasteiger charge is 2.47. The Morgan fingerprint density at radius 3 is 0.978 bits per heavy atom. The molecule has 13 aliphatic rings. The van der Waals surface area contributed by atoms with Crippen LogP contribution >= 0.6 is 0 Å². The fourth-order valence-electron chi connectivity index (χ4n) is 12.8. The molecule has 0 aliphatic heterocycles. The van der Waals surface area contributed by atoms with Gasteiger partial charge < -0.3 is 0 Å². The number of hydrogen-bond donors (Lipinski definition) is 0. The minimum atomic E-state index is 0.722. The molecular formula is C46H80. The summed E-state index contributed by atoms with van der Waals surface area (Å²) in [5.41, 5.74) is 0.722. The minimum Gasteiger partial charge on any atom is -0.0880 e. The van der Waals surface area contributed by atoms with Gasteiger partial charge >= 0.3 is 0 Å². The summed E-state index contributed by atoms with van der Waals surface area (Å²) in [6, 6.07) is 0. The topological polar surface area (TPSA) is 0 Å². The average Bonchev–Trinajstić information content (AvgIpc) is 3.80. The molecule has 0 aromatic heterocycles. The summed E-state index contributed by atoms with van der Waals surface area (Å²) in [5.74, 6) is 11.0. The lowest BCUT2D eigenvalue weighted by atomic mass is 9.71. The van der Waals surface area contributed by atoms with Crippen molar-refractivity contribution in [1.82, 2.24) is 0 Å². The lowest BCUT2D eigenvalue weighted by Gasteiger charge is -2.35. The molecule has 11 saturated carbocycles. The van der Waals surface area contributed by atoms with E-state index in [9.17, 15) is 0 Å². The standard InChI is InChI=1S/C11H20.C11H18.C9H16.C8H14.C7H12/c2*1-4-10-6-2-7-11(5-1)9-3-8-10;1-9(2)7-3-4-8(9)6-5-7;1-2-8-5-3-7(1)4-6-8;1-2-7-4-3-6(1)5-7/h10-11H,1-9H2;1,4,10-11H,2-3,5-9H2;7-8H,3-6H2,1-2H3;7-8H,1-6H2;6-7H,1-5H2. The smallest absolute Gasteiger partial charge is 0.0234 e. The molecule has 0 N–H and O–H groups in total. The van der Waals surface area contributed by atoms with Gasteiger partial charge in [0, 0.05) is 0 Å². The number of fused-ring (bicyclic) bond motifs is 18. The molecule has 0 atom stereocenters. The normalized spacial score (nSPS) is 42.6. The largest absolute Gasteiger partial charge is 0.0880 e. The van der Waals surface area contributed by atoms with Crippen molar-refractivity contribution >= 4 is 0 Å². The van der Waals surface area contributed by atoms with E-state index in [1.165, 1.54) is 102 Å². The summed E-state index contributed by atoms with van der Waals surface area (Å²) in [6.07, 6.45) is 52.4. The van der Waals surface area contributed by atoms with Crippen molar-refractivity contribution in [2.45, 2.75) is 213 Å². The fourth-order valence-corrected chi connectivity index (χ4v) is 12.8. The van der Waals surface area contributed by atoms with Gasteiger partial charge in [-0.1, -0.05) is 174 Å². The first-order valence-corrected chi connectivity index (χ1v) is 22.2. The van der Waals surface area contributed by atoms with E-state index in [1.807, 2.05) is 0 Å². The summed E-state index contributed by atoms with van der Waals surface area (Å²) in [5, 5.41) is 0. The van der Waals surface area contributed by atoms with Gasteiger partial charge in [0.15, 0.2) is 0 Å². The van der Waals surface area contributed by atoms with Gasteiger partial charge in [-0.2, -0.15) is 0 Å². The maximum Gasteiger partial charge on any atom is -0.0234 e. The van der Waals surface area contributed by atoms with Crippen molar-refractivity contribution in [2.24, 2.45) is 64.6 Å². The maximum atomic E-state index is 2.48. The monoisotopic (exact) mass is 633 g/mol. The molecule has 46 heavy (non-hydrogen) atoms. The Bertz CT molecular complexity index is 764. The van der Waals surface area contributed by atoms with E-state index in [4.69, 9.17) is 0 Å². The molecule has 0 radical (unpaired) electrons. The molecular weight excluding hydrogens is 553 g/mol. The van der Waals surface area contributed by atoms with Crippen LogP contribution < -0.4 is 0 Å². The van der Waals surface area contributed by atoms with Crippen molar-refractivity contribution in [3.05, 3.63) is 12.2 Å². The predicted octanol–water partition coefficient (Wildman–Crippen LogP) is 14.9. The first-order valence-electron chi connectivity index (χ1n) is 22.2. The van der Waals surface area contributed by atoms with Crippen molar-refractivity contribution in [3.63, 3.8) is 0 Å². The van der Waals surface area contributed by atoms with Gasteiger partial charge in [0.1, 0.15) is 0 Å². The Kier molecular flexibility index (Phi) is 14.0. The molecule has 0 spiro atoms. The van der Waals surface area contributed by atoms with Crippen LogP contribution in [0.15, 0.2) is 12.2 Å². The summed E-state index contributed by atoms with van der Waals surface area (Å²) in [7, 11) is 0. The van der Waals surface area contributed by atoms with E-state index < -0.39 is 0 Å². The summed E-state index contributed by atoms with van der Waals surface area (Å²) < 4.78 is 0. The first kappa shape index (κ1) is 35.6. The second-order valence-corrected chi connectivity index (χ2v) is 19.6. The van der Waals surface area contributed by atoms with Crippen LogP contribution in [0.2, 0.25) is 0 Å². The molecule has 0 aromatic carbocycles. The van der Waals surface area contributed by atoms with E-state index in [-0.39, 0.29) is 0 Å². The predicted molar refractivity (Wildman–Crippen MR) is 201 cm³/mol. The molecule has 264 valence electrons. The Balaban J connectivity index is 0.000000102. The van der Waals surface area contributed by atoms with E-state index in [0.717, 1.165) is 52.8 Å². The summed E-state index contributed by atoms with van der Waals surface area (Å²) >= 11 is 0. The average molecular weight is 633 g/mol. The molecule has 13 aliphatic carbocycles. The van der Waals surface area contributed by atoms with Crippen LogP contribution in [0.25, 0.3) is 0 Å². The highest BCUT2D eigenvalue weighted by molar-refractivity contribution is 4.97. The quantitative estimate of drug-likeness (QED) is 0.233. The molecule has 0 aromatic rings. The Morgan fingerprint density at radius 2 is 0.674 bits per heavy atom. The minimum absolute atomic E-state index is 0.722. The molecule has 0 nitrogen and oxygen atoms in total. The second-order valence-electron chi connectivity index (χ2n) is 19.6. The molecule has 11 fully saturated rings. The van der Waals surface area contributed by atoms with Crippen LogP contribution in [0.4, 0.5) is 0 Å². The third-order valence-corrected chi connectivity index (χ3v) is 16.3. The van der Waals surface area contributed by atoms with Crippen LogP contribution in [-0.4, -0.2) is 0 Å². The summed E-state index contributed by atoms with van der Waals surface area (Å²) in [6.45, 7) is 4.92. The van der Waals surface area contributed by atoms with Crippen LogP contribution in [0, 0.1) is 64.6 Å². The zero-order valence-electron chi connectivity index (χ0n) is 31.3. The lowest BCUT2D eigenvalue weighted by Crippen LogP contribution is -2.21. The second kappa shape index (κ2) is 18.1. The van der Waals surface area contributed by atoms with Crippen molar-refractivity contribution in [1.29, 1.82) is 0 Å². The molecule has 0 unspecified atom stereocenters. The highest BCUT2D eigenvalue weighted by Crippen LogP contribution is 2.57. The molecule has 0 heterocycles. The molecule has 0 heteroatoms. The molecule has 0 saturated heterocycles. The fraction of sp³-hybridized carbons (Fsp3) is 0.957. The zero-order chi connectivity index (χ0) is 31.6. The van der Waals surface area contributed by atoms with Gasteiger partial charge in [-0.3, -0.25) is 0 Å². The van der Waals surface area contributed by atoms with Crippen LogP contribution in [0.5, 0.6) is 0 Å².